The van der Waals surface area contributed by atoms with Crippen LogP contribution in [0, 0.1) is 6.92 Å². The number of H-pyrrole nitrogens is 1. The van der Waals surface area contributed by atoms with Crippen LogP contribution in [0.25, 0.3) is 21.9 Å². The summed E-state index contributed by atoms with van der Waals surface area (Å²) in [4.78, 5) is 12.0. The zero-order chi connectivity index (χ0) is 18.1. The Morgan fingerprint density at radius 2 is 1.64 bits per heavy atom. The molecule has 2 heterocycles. The zero-order valence-corrected chi connectivity index (χ0v) is 15.3. The average Bonchev–Trinajstić information content (AvgIpc) is 3.06. The molecular formula is C21H25N3O. The lowest BCUT2D eigenvalue weighted by atomic mass is 10.2. The van der Waals surface area contributed by atoms with E-state index in [4.69, 9.17) is 4.74 Å². The molecule has 4 heteroatoms. The Morgan fingerprint density at radius 3 is 2.36 bits per heavy atom. The van der Waals surface area contributed by atoms with Gasteiger partial charge in [0.2, 0.25) is 0 Å². The number of benzene rings is 2. The number of methoxy groups -OCH3 is 1. The summed E-state index contributed by atoms with van der Waals surface area (Å²) in [6.45, 7) is 6.66. The molecule has 0 spiro atoms. The van der Waals surface area contributed by atoms with Gasteiger partial charge in [0.1, 0.15) is 5.82 Å². The zero-order valence-electron chi connectivity index (χ0n) is 15.3. The van der Waals surface area contributed by atoms with Gasteiger partial charge in [-0.2, -0.15) is 0 Å². The minimum absolute atomic E-state index is 0.709. The third-order valence-electron chi connectivity index (χ3n) is 3.50. The monoisotopic (exact) mass is 335 g/mol. The van der Waals surface area contributed by atoms with E-state index in [1.807, 2.05) is 81.6 Å². The molecule has 4 aromatic rings. The van der Waals surface area contributed by atoms with Gasteiger partial charge < -0.3 is 9.72 Å². The Bertz CT molecular complexity index is 901. The van der Waals surface area contributed by atoms with Crippen LogP contribution in [0.5, 0.6) is 0 Å². The normalized spacial score (nSPS) is 9.92. The fourth-order valence-corrected chi connectivity index (χ4v) is 2.47. The second-order valence-corrected chi connectivity index (χ2v) is 5.28. The van der Waals surface area contributed by atoms with Crippen LogP contribution in [0.4, 0.5) is 0 Å². The first-order valence-corrected chi connectivity index (χ1v) is 8.51. The lowest BCUT2D eigenvalue weighted by molar-refractivity contribution is 0.185. The maximum absolute atomic E-state index is 4.93. The minimum Gasteiger partial charge on any atom is -0.380 e. The minimum atomic E-state index is 0.709. The summed E-state index contributed by atoms with van der Waals surface area (Å²) in [7, 11) is 1.70. The number of aryl methyl sites for hydroxylation is 1. The van der Waals surface area contributed by atoms with Crippen LogP contribution in [-0.2, 0) is 11.3 Å². The second-order valence-electron chi connectivity index (χ2n) is 5.28. The summed E-state index contributed by atoms with van der Waals surface area (Å²) in [5.41, 5.74) is 4.22. The highest BCUT2D eigenvalue weighted by Crippen LogP contribution is 2.20. The van der Waals surface area contributed by atoms with Crippen molar-refractivity contribution in [1.82, 2.24) is 15.0 Å². The van der Waals surface area contributed by atoms with Gasteiger partial charge in [-0.05, 0) is 18.6 Å². The maximum atomic E-state index is 4.93. The SMILES string of the molecule is CC.COCc1ccccc1.Cc1nc2c(cnc3ccccc32)[nH]1. The van der Waals surface area contributed by atoms with Gasteiger partial charge in [-0.1, -0.05) is 62.4 Å². The van der Waals surface area contributed by atoms with Crippen molar-refractivity contribution >= 4 is 21.9 Å². The molecule has 2 aromatic heterocycles. The van der Waals surface area contributed by atoms with Crippen molar-refractivity contribution in [2.45, 2.75) is 27.4 Å². The van der Waals surface area contributed by atoms with Crippen molar-refractivity contribution < 1.29 is 4.74 Å². The summed E-state index contributed by atoms with van der Waals surface area (Å²) in [6, 6.07) is 18.1. The van der Waals surface area contributed by atoms with E-state index in [1.165, 1.54) is 5.56 Å². The van der Waals surface area contributed by atoms with Gasteiger partial charge in [0.25, 0.3) is 0 Å². The van der Waals surface area contributed by atoms with Crippen LogP contribution in [0.3, 0.4) is 0 Å². The summed E-state index contributed by atoms with van der Waals surface area (Å²) in [5, 5.41) is 1.11. The number of ether oxygens (including phenoxy) is 1. The molecule has 0 aliphatic heterocycles. The van der Waals surface area contributed by atoms with E-state index in [1.54, 1.807) is 7.11 Å². The Morgan fingerprint density at radius 1 is 0.960 bits per heavy atom. The maximum Gasteiger partial charge on any atom is 0.104 e. The highest BCUT2D eigenvalue weighted by molar-refractivity contribution is 6.01. The molecule has 0 amide bonds. The highest BCUT2D eigenvalue weighted by atomic mass is 16.5. The number of imidazole rings is 1. The number of rotatable bonds is 2. The van der Waals surface area contributed by atoms with Gasteiger partial charge in [0.15, 0.2) is 0 Å². The topological polar surface area (TPSA) is 50.8 Å². The molecule has 0 radical (unpaired) electrons. The van der Waals surface area contributed by atoms with Crippen molar-refractivity contribution in [3.63, 3.8) is 0 Å². The molecule has 25 heavy (non-hydrogen) atoms. The predicted molar refractivity (Wildman–Crippen MR) is 105 cm³/mol. The first-order chi connectivity index (χ1) is 12.3. The van der Waals surface area contributed by atoms with Crippen LogP contribution in [0.15, 0.2) is 60.8 Å². The number of aromatic amines is 1. The fraction of sp³-hybridized carbons (Fsp3) is 0.238. The van der Waals surface area contributed by atoms with Gasteiger partial charge in [-0.25, -0.2) is 4.98 Å². The molecule has 0 fully saturated rings. The average molecular weight is 335 g/mol. The number of pyridine rings is 1. The Balaban J connectivity index is 0.000000179. The van der Waals surface area contributed by atoms with Gasteiger partial charge >= 0.3 is 0 Å². The van der Waals surface area contributed by atoms with Crippen molar-refractivity contribution in [3.05, 3.63) is 72.2 Å². The molecule has 0 aliphatic carbocycles. The van der Waals surface area contributed by atoms with Crippen LogP contribution in [-0.4, -0.2) is 22.1 Å². The van der Waals surface area contributed by atoms with Crippen molar-refractivity contribution in [2.75, 3.05) is 7.11 Å². The Hall–Kier alpha value is -2.72. The van der Waals surface area contributed by atoms with E-state index in [0.29, 0.717) is 6.61 Å². The van der Waals surface area contributed by atoms with E-state index in [-0.39, 0.29) is 0 Å². The molecular weight excluding hydrogens is 310 g/mol. The molecule has 0 atom stereocenters. The lowest BCUT2D eigenvalue weighted by Gasteiger charge is -1.95. The molecule has 0 aliphatic rings. The quantitative estimate of drug-likeness (QED) is 0.542. The second kappa shape index (κ2) is 9.55. The van der Waals surface area contributed by atoms with Crippen molar-refractivity contribution in [3.8, 4) is 0 Å². The largest absolute Gasteiger partial charge is 0.380 e. The molecule has 1 N–H and O–H groups in total. The van der Waals surface area contributed by atoms with Crippen LogP contribution in [0.1, 0.15) is 25.2 Å². The molecule has 0 saturated heterocycles. The number of aromatic nitrogens is 3. The number of hydrogen-bond acceptors (Lipinski definition) is 3. The molecule has 0 bridgehead atoms. The lowest BCUT2D eigenvalue weighted by Crippen LogP contribution is -1.84. The number of nitrogens with one attached hydrogen (secondary N) is 1. The van der Waals surface area contributed by atoms with E-state index in [2.05, 4.69) is 15.0 Å². The standard InChI is InChI=1S/C11H9N3.C8H10O.C2H6/c1-7-13-10-6-12-9-5-3-2-4-8(9)11(10)14-7;1-9-7-8-5-3-2-4-6-8;1-2/h2-6H,1H3,(H,13,14);2-6H,7H2,1H3;1-2H3. The van der Waals surface area contributed by atoms with E-state index in [9.17, 15) is 0 Å². The first kappa shape index (κ1) is 18.6. The fourth-order valence-electron chi connectivity index (χ4n) is 2.47. The smallest absolute Gasteiger partial charge is 0.104 e. The molecule has 0 unspecified atom stereocenters. The summed E-state index contributed by atoms with van der Waals surface area (Å²) >= 11 is 0. The number of fused-ring (bicyclic) bond motifs is 3. The summed E-state index contributed by atoms with van der Waals surface area (Å²) < 4.78 is 4.93. The molecule has 2 aromatic carbocycles. The highest BCUT2D eigenvalue weighted by Gasteiger charge is 2.04. The summed E-state index contributed by atoms with van der Waals surface area (Å²) in [5.74, 6) is 0.929. The van der Waals surface area contributed by atoms with Gasteiger partial charge in [-0.3, -0.25) is 4.98 Å². The van der Waals surface area contributed by atoms with Crippen molar-refractivity contribution in [2.24, 2.45) is 0 Å². The Kier molecular flexibility index (Phi) is 7.11. The molecule has 0 saturated carbocycles. The molecule has 4 nitrogen and oxygen atoms in total. The first-order valence-electron chi connectivity index (χ1n) is 8.51. The predicted octanol–water partition coefficient (Wildman–Crippen LogP) is 5.28. The summed E-state index contributed by atoms with van der Waals surface area (Å²) in [6.07, 6.45) is 1.83. The van der Waals surface area contributed by atoms with E-state index >= 15 is 0 Å². The third-order valence-corrected chi connectivity index (χ3v) is 3.50. The number of para-hydroxylation sites is 1. The van der Waals surface area contributed by atoms with Gasteiger partial charge in [-0.15, -0.1) is 0 Å². The van der Waals surface area contributed by atoms with Crippen LogP contribution >= 0.6 is 0 Å². The number of nitrogens with zero attached hydrogens (tertiary/aromatic N) is 2. The molecule has 130 valence electrons. The van der Waals surface area contributed by atoms with Crippen molar-refractivity contribution in [1.29, 1.82) is 0 Å². The van der Waals surface area contributed by atoms with Crippen LogP contribution < -0.4 is 0 Å². The van der Waals surface area contributed by atoms with Crippen LogP contribution in [0.2, 0.25) is 0 Å². The van der Waals surface area contributed by atoms with Gasteiger partial charge in [0, 0.05) is 12.5 Å². The van der Waals surface area contributed by atoms with E-state index in [0.717, 1.165) is 27.8 Å². The van der Waals surface area contributed by atoms with E-state index < -0.39 is 0 Å². The number of hydrogen-bond donors (Lipinski definition) is 1. The Labute approximate surface area is 148 Å². The molecule has 4 rings (SSSR count). The van der Waals surface area contributed by atoms with Gasteiger partial charge in [0.05, 0.1) is 29.4 Å². The third kappa shape index (κ3) is 4.88.